The van der Waals surface area contributed by atoms with Gasteiger partial charge in [0.25, 0.3) is 0 Å². The Labute approximate surface area is 127 Å². The van der Waals surface area contributed by atoms with Crippen LogP contribution in [0.4, 0.5) is 5.82 Å². The lowest BCUT2D eigenvalue weighted by atomic mass is 10.1. The van der Waals surface area contributed by atoms with Crippen molar-refractivity contribution in [1.82, 2.24) is 14.9 Å². The molecule has 0 aliphatic rings. The molecular formula is C15H27ClN4. The van der Waals surface area contributed by atoms with E-state index in [0.717, 1.165) is 43.9 Å². The molecule has 1 aromatic rings. The van der Waals surface area contributed by atoms with Gasteiger partial charge in [-0.1, -0.05) is 32.4 Å². The molecule has 1 aromatic heterocycles. The van der Waals surface area contributed by atoms with Crippen LogP contribution in [0.15, 0.2) is 6.33 Å². The molecule has 0 amide bonds. The molecule has 0 aromatic carbocycles. The normalized spacial score (nSPS) is 12.7. The van der Waals surface area contributed by atoms with Crippen molar-refractivity contribution in [1.29, 1.82) is 0 Å². The summed E-state index contributed by atoms with van der Waals surface area (Å²) in [6.45, 7) is 12.1. The van der Waals surface area contributed by atoms with Gasteiger partial charge in [0.05, 0.1) is 0 Å². The Bertz CT molecular complexity index is 393. The van der Waals surface area contributed by atoms with Crippen LogP contribution in [-0.2, 0) is 6.42 Å². The lowest BCUT2D eigenvalue weighted by Gasteiger charge is -2.20. The number of aromatic nitrogens is 2. The Kier molecular flexibility index (Phi) is 7.85. The van der Waals surface area contributed by atoms with Crippen molar-refractivity contribution in [3.63, 3.8) is 0 Å². The van der Waals surface area contributed by atoms with Crippen molar-refractivity contribution in [2.45, 2.75) is 53.0 Å². The second-order valence-electron chi connectivity index (χ2n) is 5.06. The van der Waals surface area contributed by atoms with Gasteiger partial charge >= 0.3 is 0 Å². The summed E-state index contributed by atoms with van der Waals surface area (Å²) in [6, 6.07) is 0.391. The van der Waals surface area contributed by atoms with Crippen LogP contribution in [-0.4, -0.2) is 40.5 Å². The van der Waals surface area contributed by atoms with Gasteiger partial charge in [0, 0.05) is 11.6 Å². The number of nitrogens with one attached hydrogen (secondary N) is 1. The smallest absolute Gasteiger partial charge is 0.137 e. The third-order valence-electron chi connectivity index (χ3n) is 3.64. The number of halogens is 1. The molecule has 0 saturated heterocycles. The molecule has 4 nitrogen and oxygen atoms in total. The van der Waals surface area contributed by atoms with Crippen molar-refractivity contribution < 1.29 is 0 Å². The zero-order valence-corrected chi connectivity index (χ0v) is 13.9. The standard InChI is InChI=1S/C15H27ClN4/c1-5-13-14(16)17-11-18-15(13)19-12(4)9-8-10-20(6-2)7-3/h11-12H,5-10H2,1-4H3,(H,17,18,19). The molecule has 1 heterocycles. The summed E-state index contributed by atoms with van der Waals surface area (Å²) in [5.74, 6) is 0.878. The highest BCUT2D eigenvalue weighted by Gasteiger charge is 2.10. The minimum atomic E-state index is 0.391. The number of nitrogens with zero attached hydrogens (tertiary/aromatic N) is 3. The molecular weight excluding hydrogens is 272 g/mol. The maximum atomic E-state index is 6.10. The minimum Gasteiger partial charge on any atom is -0.367 e. The molecule has 1 unspecified atom stereocenters. The Morgan fingerprint density at radius 2 is 1.95 bits per heavy atom. The zero-order chi connectivity index (χ0) is 15.0. The SMILES string of the molecule is CCc1c(Cl)ncnc1NC(C)CCCN(CC)CC. The molecule has 114 valence electrons. The topological polar surface area (TPSA) is 41.1 Å². The van der Waals surface area contributed by atoms with E-state index in [4.69, 9.17) is 11.6 Å². The van der Waals surface area contributed by atoms with Gasteiger partial charge in [0.1, 0.15) is 17.3 Å². The van der Waals surface area contributed by atoms with E-state index in [1.54, 1.807) is 0 Å². The van der Waals surface area contributed by atoms with E-state index in [2.05, 4.69) is 47.9 Å². The number of hydrogen-bond donors (Lipinski definition) is 1. The monoisotopic (exact) mass is 298 g/mol. The Balaban J connectivity index is 2.46. The first-order chi connectivity index (χ1) is 9.62. The van der Waals surface area contributed by atoms with E-state index >= 15 is 0 Å². The summed E-state index contributed by atoms with van der Waals surface area (Å²) in [4.78, 5) is 10.8. The highest BCUT2D eigenvalue weighted by molar-refractivity contribution is 6.30. The first kappa shape index (κ1) is 17.2. The van der Waals surface area contributed by atoms with Gasteiger partial charge in [-0.15, -0.1) is 0 Å². The molecule has 20 heavy (non-hydrogen) atoms. The molecule has 0 aliphatic heterocycles. The summed E-state index contributed by atoms with van der Waals surface area (Å²) >= 11 is 6.10. The molecule has 0 radical (unpaired) electrons. The van der Waals surface area contributed by atoms with Gasteiger partial charge in [0.2, 0.25) is 0 Å². The van der Waals surface area contributed by atoms with Crippen LogP contribution in [0.2, 0.25) is 5.15 Å². The van der Waals surface area contributed by atoms with Crippen molar-refractivity contribution in [3.05, 3.63) is 17.0 Å². The highest BCUT2D eigenvalue weighted by atomic mass is 35.5. The second-order valence-corrected chi connectivity index (χ2v) is 5.42. The van der Waals surface area contributed by atoms with Gasteiger partial charge in [-0.3, -0.25) is 0 Å². The van der Waals surface area contributed by atoms with Crippen LogP contribution < -0.4 is 5.32 Å². The van der Waals surface area contributed by atoms with Gasteiger partial charge in [0.15, 0.2) is 0 Å². The van der Waals surface area contributed by atoms with Gasteiger partial charge in [-0.05, 0) is 45.8 Å². The average molecular weight is 299 g/mol. The van der Waals surface area contributed by atoms with Crippen LogP contribution in [0.25, 0.3) is 0 Å². The predicted octanol–water partition coefficient (Wildman–Crippen LogP) is 3.61. The summed E-state index contributed by atoms with van der Waals surface area (Å²) in [7, 11) is 0. The van der Waals surface area contributed by atoms with Crippen LogP contribution in [0, 0.1) is 0 Å². The number of rotatable bonds is 9. The van der Waals surface area contributed by atoms with E-state index in [9.17, 15) is 0 Å². The van der Waals surface area contributed by atoms with E-state index < -0.39 is 0 Å². The quantitative estimate of drug-likeness (QED) is 0.707. The summed E-state index contributed by atoms with van der Waals surface area (Å²) in [5.41, 5.74) is 1.00. The van der Waals surface area contributed by atoms with Crippen LogP contribution in [0.5, 0.6) is 0 Å². The summed E-state index contributed by atoms with van der Waals surface area (Å²) in [6.07, 6.45) is 4.68. The molecule has 0 saturated carbocycles. The third-order valence-corrected chi connectivity index (χ3v) is 3.96. The van der Waals surface area contributed by atoms with Crippen molar-refractivity contribution in [2.24, 2.45) is 0 Å². The number of anilines is 1. The third kappa shape index (κ3) is 5.25. The maximum Gasteiger partial charge on any atom is 0.137 e. The molecule has 1 atom stereocenters. The fourth-order valence-electron chi connectivity index (χ4n) is 2.30. The zero-order valence-electron chi connectivity index (χ0n) is 13.1. The van der Waals surface area contributed by atoms with Crippen LogP contribution >= 0.6 is 11.6 Å². The maximum absolute atomic E-state index is 6.10. The Morgan fingerprint density at radius 3 is 2.55 bits per heavy atom. The van der Waals surface area contributed by atoms with E-state index in [1.807, 2.05) is 0 Å². The van der Waals surface area contributed by atoms with E-state index in [1.165, 1.54) is 12.7 Å². The van der Waals surface area contributed by atoms with Crippen molar-refractivity contribution in [3.8, 4) is 0 Å². The van der Waals surface area contributed by atoms with E-state index in [-0.39, 0.29) is 0 Å². The molecule has 0 bridgehead atoms. The molecule has 0 spiro atoms. The van der Waals surface area contributed by atoms with Crippen LogP contribution in [0.3, 0.4) is 0 Å². The van der Waals surface area contributed by atoms with Crippen molar-refractivity contribution >= 4 is 17.4 Å². The fourth-order valence-corrected chi connectivity index (χ4v) is 2.56. The van der Waals surface area contributed by atoms with E-state index in [0.29, 0.717) is 11.2 Å². The second kappa shape index (κ2) is 9.14. The van der Waals surface area contributed by atoms with Gasteiger partial charge < -0.3 is 10.2 Å². The minimum absolute atomic E-state index is 0.391. The lowest BCUT2D eigenvalue weighted by molar-refractivity contribution is 0.295. The van der Waals surface area contributed by atoms with Gasteiger partial charge in [-0.25, -0.2) is 9.97 Å². The molecule has 0 fully saturated rings. The Hall–Kier alpha value is -0.870. The molecule has 5 heteroatoms. The van der Waals surface area contributed by atoms with Crippen molar-refractivity contribution in [2.75, 3.05) is 25.0 Å². The van der Waals surface area contributed by atoms with Crippen LogP contribution in [0.1, 0.15) is 46.1 Å². The number of hydrogen-bond acceptors (Lipinski definition) is 4. The highest BCUT2D eigenvalue weighted by Crippen LogP contribution is 2.21. The molecule has 1 N–H and O–H groups in total. The summed E-state index contributed by atoms with van der Waals surface area (Å²) in [5, 5.41) is 4.01. The first-order valence-electron chi connectivity index (χ1n) is 7.60. The Morgan fingerprint density at radius 1 is 1.25 bits per heavy atom. The molecule has 1 rings (SSSR count). The first-order valence-corrected chi connectivity index (χ1v) is 7.98. The average Bonchev–Trinajstić information content (AvgIpc) is 2.44. The molecule has 0 aliphatic carbocycles. The van der Waals surface area contributed by atoms with Gasteiger partial charge in [-0.2, -0.15) is 0 Å². The fraction of sp³-hybridized carbons (Fsp3) is 0.733. The lowest BCUT2D eigenvalue weighted by Crippen LogP contribution is -2.26. The summed E-state index contributed by atoms with van der Waals surface area (Å²) < 4.78 is 0. The largest absolute Gasteiger partial charge is 0.367 e. The predicted molar refractivity (Wildman–Crippen MR) is 86.5 cm³/mol.